The minimum Gasteiger partial charge on any atom is -0.355 e. The van der Waals surface area contributed by atoms with Gasteiger partial charge in [0, 0.05) is 39.3 Å². The summed E-state index contributed by atoms with van der Waals surface area (Å²) in [5.41, 5.74) is 1.68. The molecule has 156 valence electrons. The van der Waals surface area contributed by atoms with Crippen molar-refractivity contribution in [2.24, 2.45) is 0 Å². The van der Waals surface area contributed by atoms with Gasteiger partial charge in [0.25, 0.3) is 0 Å². The van der Waals surface area contributed by atoms with E-state index in [4.69, 9.17) is 21.6 Å². The number of hydrogen-bond donors (Lipinski definition) is 0. The summed E-state index contributed by atoms with van der Waals surface area (Å²) >= 11 is 6.41. The predicted octanol–water partition coefficient (Wildman–Crippen LogP) is 4.04. The molecule has 0 aliphatic carbocycles. The SMILES string of the molecule is Clc1nc(N2CCCCC2)c2nc(N3CCCCC3)nc(N3CCCCC3)c2n1. The number of nitrogens with zero attached hydrogens (tertiary/aromatic N) is 7. The largest absolute Gasteiger partial charge is 0.355 e. The Morgan fingerprint density at radius 1 is 0.483 bits per heavy atom. The van der Waals surface area contributed by atoms with E-state index in [0.29, 0.717) is 5.28 Å². The molecule has 0 radical (unpaired) electrons. The molecule has 0 saturated carbocycles. The van der Waals surface area contributed by atoms with Gasteiger partial charge in [-0.2, -0.15) is 9.97 Å². The van der Waals surface area contributed by atoms with E-state index >= 15 is 0 Å². The number of fused-ring (bicyclic) bond motifs is 1. The van der Waals surface area contributed by atoms with E-state index in [9.17, 15) is 0 Å². The van der Waals surface area contributed by atoms with Crippen LogP contribution in [0.3, 0.4) is 0 Å². The first-order valence-corrected chi connectivity index (χ1v) is 11.7. The minimum atomic E-state index is 0.297. The molecule has 5 rings (SSSR count). The second kappa shape index (κ2) is 8.46. The van der Waals surface area contributed by atoms with Crippen molar-refractivity contribution in [3.05, 3.63) is 5.28 Å². The van der Waals surface area contributed by atoms with E-state index < -0.39 is 0 Å². The zero-order valence-electron chi connectivity index (χ0n) is 17.1. The fourth-order valence-electron chi connectivity index (χ4n) is 4.84. The molecule has 0 aromatic carbocycles. The molecule has 5 heterocycles. The molecule has 2 aromatic rings. The van der Waals surface area contributed by atoms with Crippen LogP contribution in [0.5, 0.6) is 0 Å². The first kappa shape index (κ1) is 19.1. The van der Waals surface area contributed by atoms with Crippen molar-refractivity contribution in [1.82, 2.24) is 19.9 Å². The highest BCUT2D eigenvalue weighted by atomic mass is 35.5. The Morgan fingerprint density at radius 2 is 0.931 bits per heavy atom. The zero-order chi connectivity index (χ0) is 19.6. The average molecular weight is 416 g/mol. The van der Waals surface area contributed by atoms with E-state index in [-0.39, 0.29) is 0 Å². The lowest BCUT2D eigenvalue weighted by Gasteiger charge is -2.32. The molecule has 3 saturated heterocycles. The summed E-state index contributed by atoms with van der Waals surface area (Å²) in [4.78, 5) is 26.4. The molecule has 3 aliphatic heterocycles. The lowest BCUT2D eigenvalue weighted by Crippen LogP contribution is -2.34. The van der Waals surface area contributed by atoms with Gasteiger partial charge in [0.05, 0.1) is 0 Å². The van der Waals surface area contributed by atoms with Crippen molar-refractivity contribution in [2.45, 2.75) is 57.8 Å². The Balaban J connectivity index is 1.66. The first-order valence-electron chi connectivity index (χ1n) is 11.3. The molecular formula is C21H30ClN7. The van der Waals surface area contributed by atoms with Crippen LogP contribution in [0.2, 0.25) is 5.28 Å². The average Bonchev–Trinajstić information content (AvgIpc) is 2.79. The molecule has 29 heavy (non-hydrogen) atoms. The van der Waals surface area contributed by atoms with Crippen LogP contribution in [0.4, 0.5) is 17.6 Å². The molecule has 0 atom stereocenters. The third kappa shape index (κ3) is 3.93. The highest BCUT2D eigenvalue weighted by Crippen LogP contribution is 2.34. The number of rotatable bonds is 3. The lowest BCUT2D eigenvalue weighted by molar-refractivity contribution is 0.561. The molecular weight excluding hydrogens is 386 g/mol. The van der Waals surface area contributed by atoms with Gasteiger partial charge in [0.2, 0.25) is 11.2 Å². The standard InChI is InChI=1S/C21H30ClN7/c22-20-23-16-17(18(25-20)27-10-4-1-5-11-27)24-21(29-14-8-3-9-15-29)26-19(16)28-12-6-2-7-13-28/h1-15H2. The number of piperidine rings is 3. The van der Waals surface area contributed by atoms with Crippen molar-refractivity contribution >= 4 is 40.2 Å². The Morgan fingerprint density at radius 3 is 1.48 bits per heavy atom. The van der Waals surface area contributed by atoms with Crippen LogP contribution in [-0.2, 0) is 0 Å². The monoisotopic (exact) mass is 415 g/mol. The summed E-state index contributed by atoms with van der Waals surface area (Å²) in [5.74, 6) is 2.67. The summed E-state index contributed by atoms with van der Waals surface area (Å²) in [7, 11) is 0. The van der Waals surface area contributed by atoms with E-state index in [0.717, 1.165) is 67.9 Å². The third-order valence-corrected chi connectivity index (χ3v) is 6.59. The summed E-state index contributed by atoms with van der Waals surface area (Å²) in [5, 5.41) is 0.297. The Hall–Kier alpha value is -1.89. The maximum Gasteiger partial charge on any atom is 0.228 e. The normalized spacial score (nSPS) is 21.1. The van der Waals surface area contributed by atoms with E-state index in [1.807, 2.05) is 0 Å². The quantitative estimate of drug-likeness (QED) is 0.701. The summed E-state index contributed by atoms with van der Waals surface area (Å²) < 4.78 is 0. The molecule has 3 fully saturated rings. The van der Waals surface area contributed by atoms with E-state index in [1.165, 1.54) is 57.8 Å². The first-order chi connectivity index (χ1) is 14.3. The van der Waals surface area contributed by atoms with Gasteiger partial charge in [-0.15, -0.1) is 0 Å². The number of aromatic nitrogens is 4. The second-order valence-corrected chi connectivity index (χ2v) is 8.84. The van der Waals surface area contributed by atoms with Crippen molar-refractivity contribution in [2.75, 3.05) is 54.0 Å². The second-order valence-electron chi connectivity index (χ2n) is 8.50. The molecule has 0 N–H and O–H groups in total. The predicted molar refractivity (Wildman–Crippen MR) is 118 cm³/mol. The van der Waals surface area contributed by atoms with Crippen molar-refractivity contribution in [3.63, 3.8) is 0 Å². The minimum absolute atomic E-state index is 0.297. The van der Waals surface area contributed by atoms with Crippen molar-refractivity contribution in [1.29, 1.82) is 0 Å². The van der Waals surface area contributed by atoms with Crippen LogP contribution >= 0.6 is 11.6 Å². The topological polar surface area (TPSA) is 61.3 Å². The van der Waals surface area contributed by atoms with Crippen molar-refractivity contribution < 1.29 is 0 Å². The molecule has 2 aromatic heterocycles. The molecule has 7 nitrogen and oxygen atoms in total. The van der Waals surface area contributed by atoms with Gasteiger partial charge < -0.3 is 14.7 Å². The van der Waals surface area contributed by atoms with Crippen molar-refractivity contribution in [3.8, 4) is 0 Å². The Bertz CT molecular complexity index is 856. The maximum atomic E-state index is 6.41. The van der Waals surface area contributed by atoms with Gasteiger partial charge in [0.15, 0.2) is 11.6 Å². The lowest BCUT2D eigenvalue weighted by atomic mass is 10.1. The van der Waals surface area contributed by atoms with Gasteiger partial charge in [-0.1, -0.05) is 0 Å². The Kier molecular flexibility index (Phi) is 5.57. The van der Waals surface area contributed by atoms with Crippen LogP contribution in [0.25, 0.3) is 11.0 Å². The zero-order valence-corrected chi connectivity index (χ0v) is 17.9. The molecule has 0 unspecified atom stereocenters. The third-order valence-electron chi connectivity index (χ3n) is 6.42. The van der Waals surface area contributed by atoms with Crippen LogP contribution in [0.1, 0.15) is 57.8 Å². The molecule has 0 amide bonds. The molecule has 3 aliphatic rings. The summed E-state index contributed by atoms with van der Waals surface area (Å²) in [6.07, 6.45) is 11.0. The molecule has 8 heteroatoms. The van der Waals surface area contributed by atoms with Gasteiger partial charge in [0.1, 0.15) is 11.0 Å². The summed E-state index contributed by atoms with van der Waals surface area (Å²) in [6, 6.07) is 0. The van der Waals surface area contributed by atoms with Crippen LogP contribution in [-0.4, -0.2) is 59.2 Å². The van der Waals surface area contributed by atoms with E-state index in [2.05, 4.69) is 24.7 Å². The van der Waals surface area contributed by atoms with Crippen LogP contribution in [0, 0.1) is 0 Å². The highest BCUT2D eigenvalue weighted by Gasteiger charge is 2.26. The number of hydrogen-bond acceptors (Lipinski definition) is 7. The maximum absolute atomic E-state index is 6.41. The van der Waals surface area contributed by atoms with Crippen LogP contribution < -0.4 is 14.7 Å². The number of anilines is 3. The van der Waals surface area contributed by atoms with Gasteiger partial charge in [-0.25, -0.2) is 9.97 Å². The highest BCUT2D eigenvalue weighted by molar-refractivity contribution is 6.29. The van der Waals surface area contributed by atoms with Gasteiger partial charge >= 0.3 is 0 Å². The smallest absolute Gasteiger partial charge is 0.228 e. The Labute approximate surface area is 177 Å². The fourth-order valence-corrected chi connectivity index (χ4v) is 5.00. The van der Waals surface area contributed by atoms with Crippen LogP contribution in [0.15, 0.2) is 0 Å². The van der Waals surface area contributed by atoms with E-state index in [1.54, 1.807) is 0 Å². The fraction of sp³-hybridized carbons (Fsp3) is 0.714. The summed E-state index contributed by atoms with van der Waals surface area (Å²) in [6.45, 7) is 6.10. The number of halogens is 1. The van der Waals surface area contributed by atoms with Gasteiger partial charge in [-0.05, 0) is 69.4 Å². The molecule has 0 bridgehead atoms. The van der Waals surface area contributed by atoms with Gasteiger partial charge in [-0.3, -0.25) is 0 Å². The molecule has 0 spiro atoms.